The zero-order chi connectivity index (χ0) is 11.0. The summed E-state index contributed by atoms with van der Waals surface area (Å²) in [5.41, 5.74) is 0.907. The van der Waals surface area contributed by atoms with Gasteiger partial charge in [0.25, 0.3) is 0 Å². The molecule has 0 saturated carbocycles. The van der Waals surface area contributed by atoms with Gasteiger partial charge in [0.1, 0.15) is 12.4 Å². The van der Waals surface area contributed by atoms with Crippen molar-refractivity contribution in [2.45, 2.75) is 26.8 Å². The molecule has 0 atom stereocenters. The molecule has 0 radical (unpaired) electrons. The SMILES string of the molecule is CCOn1cc(O)c2ccn(C(C)C)c21. The van der Waals surface area contributed by atoms with Crippen LogP contribution in [0.1, 0.15) is 26.8 Å². The van der Waals surface area contributed by atoms with E-state index >= 15 is 0 Å². The Morgan fingerprint density at radius 2 is 2.20 bits per heavy atom. The smallest absolute Gasteiger partial charge is 0.160 e. The van der Waals surface area contributed by atoms with E-state index in [0.717, 1.165) is 11.0 Å². The summed E-state index contributed by atoms with van der Waals surface area (Å²) in [4.78, 5) is 5.42. The molecule has 0 amide bonds. The molecule has 2 heterocycles. The van der Waals surface area contributed by atoms with E-state index in [1.165, 1.54) is 0 Å². The summed E-state index contributed by atoms with van der Waals surface area (Å²) >= 11 is 0. The van der Waals surface area contributed by atoms with Gasteiger partial charge in [0.2, 0.25) is 0 Å². The van der Waals surface area contributed by atoms with E-state index in [0.29, 0.717) is 12.6 Å². The Balaban J connectivity index is 2.64. The van der Waals surface area contributed by atoms with Crippen molar-refractivity contribution in [2.75, 3.05) is 6.61 Å². The Kier molecular flexibility index (Phi) is 2.34. The van der Waals surface area contributed by atoms with Crippen molar-refractivity contribution in [3.8, 4) is 5.75 Å². The first kappa shape index (κ1) is 9.96. The van der Waals surface area contributed by atoms with Gasteiger partial charge in [-0.05, 0) is 26.8 Å². The number of hydrogen-bond acceptors (Lipinski definition) is 2. The van der Waals surface area contributed by atoms with Gasteiger partial charge in [0.15, 0.2) is 5.65 Å². The second-order valence-corrected chi connectivity index (χ2v) is 3.81. The molecule has 0 aliphatic heterocycles. The molecule has 0 aromatic carbocycles. The maximum atomic E-state index is 9.70. The van der Waals surface area contributed by atoms with Gasteiger partial charge in [-0.3, -0.25) is 0 Å². The summed E-state index contributed by atoms with van der Waals surface area (Å²) in [5.74, 6) is 0.262. The van der Waals surface area contributed by atoms with Gasteiger partial charge in [-0.2, -0.15) is 4.73 Å². The third-order valence-electron chi connectivity index (χ3n) is 2.44. The van der Waals surface area contributed by atoms with E-state index in [1.54, 1.807) is 10.9 Å². The molecule has 15 heavy (non-hydrogen) atoms. The van der Waals surface area contributed by atoms with Crippen molar-refractivity contribution in [1.29, 1.82) is 0 Å². The van der Waals surface area contributed by atoms with Crippen LogP contribution in [-0.2, 0) is 0 Å². The van der Waals surface area contributed by atoms with Crippen LogP contribution in [0.15, 0.2) is 18.5 Å². The highest BCUT2D eigenvalue weighted by Gasteiger charge is 2.14. The average Bonchev–Trinajstić information content (AvgIpc) is 2.70. The Bertz CT molecular complexity index is 468. The lowest BCUT2D eigenvalue weighted by atomic mass is 10.4. The van der Waals surface area contributed by atoms with Crippen molar-refractivity contribution in [3.63, 3.8) is 0 Å². The molecule has 0 spiro atoms. The maximum Gasteiger partial charge on any atom is 0.160 e. The first-order valence-corrected chi connectivity index (χ1v) is 5.19. The van der Waals surface area contributed by atoms with Crippen LogP contribution in [0.3, 0.4) is 0 Å². The van der Waals surface area contributed by atoms with E-state index in [2.05, 4.69) is 18.4 Å². The van der Waals surface area contributed by atoms with Crippen molar-refractivity contribution < 1.29 is 9.94 Å². The van der Waals surface area contributed by atoms with Crippen LogP contribution >= 0.6 is 0 Å². The van der Waals surface area contributed by atoms with Gasteiger partial charge in [-0.25, -0.2) is 0 Å². The van der Waals surface area contributed by atoms with Gasteiger partial charge in [0, 0.05) is 12.2 Å². The maximum absolute atomic E-state index is 9.70. The minimum atomic E-state index is 0.262. The summed E-state index contributed by atoms with van der Waals surface area (Å²) in [6, 6.07) is 2.25. The molecule has 4 nitrogen and oxygen atoms in total. The van der Waals surface area contributed by atoms with Crippen LogP contribution in [-0.4, -0.2) is 21.0 Å². The van der Waals surface area contributed by atoms with Crippen LogP contribution in [0.25, 0.3) is 11.0 Å². The first-order valence-electron chi connectivity index (χ1n) is 5.19. The highest BCUT2D eigenvalue weighted by Crippen LogP contribution is 2.29. The van der Waals surface area contributed by atoms with E-state index < -0.39 is 0 Å². The Hall–Kier alpha value is -1.58. The molecule has 0 bridgehead atoms. The molecule has 82 valence electrons. The summed E-state index contributed by atoms with van der Waals surface area (Å²) in [6.45, 7) is 6.69. The van der Waals surface area contributed by atoms with Gasteiger partial charge < -0.3 is 14.5 Å². The fraction of sp³-hybridized carbons (Fsp3) is 0.455. The largest absolute Gasteiger partial charge is 0.506 e. The summed E-state index contributed by atoms with van der Waals surface area (Å²) in [7, 11) is 0. The fourth-order valence-corrected chi connectivity index (χ4v) is 1.77. The number of aromatic hydroxyl groups is 1. The quantitative estimate of drug-likeness (QED) is 0.839. The van der Waals surface area contributed by atoms with Crippen molar-refractivity contribution in [1.82, 2.24) is 9.30 Å². The van der Waals surface area contributed by atoms with E-state index in [1.807, 2.05) is 19.2 Å². The fourth-order valence-electron chi connectivity index (χ4n) is 1.77. The Morgan fingerprint density at radius 3 is 2.80 bits per heavy atom. The van der Waals surface area contributed by atoms with Crippen LogP contribution in [0.2, 0.25) is 0 Å². The number of fused-ring (bicyclic) bond motifs is 1. The summed E-state index contributed by atoms with van der Waals surface area (Å²) in [6.07, 6.45) is 3.57. The second kappa shape index (κ2) is 3.53. The molecule has 2 rings (SSSR count). The molecule has 0 aliphatic rings. The molecule has 1 N–H and O–H groups in total. The lowest BCUT2D eigenvalue weighted by Crippen LogP contribution is -2.12. The lowest BCUT2D eigenvalue weighted by molar-refractivity contribution is 0.128. The predicted octanol–water partition coefficient (Wildman–Crippen LogP) is 2.18. The van der Waals surface area contributed by atoms with E-state index in [9.17, 15) is 5.11 Å². The molecule has 0 unspecified atom stereocenters. The van der Waals surface area contributed by atoms with Crippen LogP contribution in [0, 0.1) is 0 Å². The number of rotatable bonds is 3. The molecule has 2 aromatic heterocycles. The molecule has 2 aromatic rings. The molecular weight excluding hydrogens is 192 g/mol. The molecule has 4 heteroatoms. The average molecular weight is 208 g/mol. The van der Waals surface area contributed by atoms with Gasteiger partial charge in [-0.15, -0.1) is 0 Å². The zero-order valence-electron chi connectivity index (χ0n) is 9.27. The van der Waals surface area contributed by atoms with E-state index in [-0.39, 0.29) is 5.75 Å². The van der Waals surface area contributed by atoms with Crippen LogP contribution in [0.4, 0.5) is 0 Å². The van der Waals surface area contributed by atoms with Crippen molar-refractivity contribution in [3.05, 3.63) is 18.5 Å². The standard InChI is InChI=1S/C11H16N2O2/c1-4-15-13-7-10(14)9-5-6-12(8(2)3)11(9)13/h5-8,14H,4H2,1-3H3. The van der Waals surface area contributed by atoms with Crippen LogP contribution in [0.5, 0.6) is 5.75 Å². The topological polar surface area (TPSA) is 39.3 Å². The molecule has 0 saturated heterocycles. The lowest BCUT2D eigenvalue weighted by Gasteiger charge is -2.11. The summed E-state index contributed by atoms with van der Waals surface area (Å²) in [5, 5.41) is 10.5. The minimum absolute atomic E-state index is 0.262. The summed E-state index contributed by atoms with van der Waals surface area (Å²) < 4.78 is 3.70. The third kappa shape index (κ3) is 1.46. The number of hydrogen-bond donors (Lipinski definition) is 1. The van der Waals surface area contributed by atoms with Crippen molar-refractivity contribution >= 4 is 11.0 Å². The van der Waals surface area contributed by atoms with Gasteiger partial charge >= 0.3 is 0 Å². The van der Waals surface area contributed by atoms with Crippen LogP contribution < -0.4 is 4.84 Å². The van der Waals surface area contributed by atoms with Gasteiger partial charge in [-0.1, -0.05) is 0 Å². The number of nitrogens with zero attached hydrogens (tertiary/aromatic N) is 2. The van der Waals surface area contributed by atoms with Crippen molar-refractivity contribution in [2.24, 2.45) is 0 Å². The highest BCUT2D eigenvalue weighted by atomic mass is 16.7. The second-order valence-electron chi connectivity index (χ2n) is 3.81. The van der Waals surface area contributed by atoms with Gasteiger partial charge in [0.05, 0.1) is 11.6 Å². The molecule has 0 fully saturated rings. The normalized spacial score (nSPS) is 11.5. The monoisotopic (exact) mass is 208 g/mol. The highest BCUT2D eigenvalue weighted by molar-refractivity contribution is 5.84. The predicted molar refractivity (Wildman–Crippen MR) is 59.1 cm³/mol. The molecule has 0 aliphatic carbocycles. The first-order chi connectivity index (χ1) is 7.15. The third-order valence-corrected chi connectivity index (χ3v) is 2.44. The Morgan fingerprint density at radius 1 is 1.47 bits per heavy atom. The minimum Gasteiger partial charge on any atom is -0.506 e. The Labute approximate surface area is 88.6 Å². The number of aromatic nitrogens is 2. The zero-order valence-corrected chi connectivity index (χ0v) is 9.27. The van der Waals surface area contributed by atoms with E-state index in [4.69, 9.17) is 4.84 Å². The molecular formula is C11H16N2O2.